The maximum atomic E-state index is 12.1. The van der Waals surface area contributed by atoms with Crippen LogP contribution in [-0.2, 0) is 14.4 Å². The number of imide groups is 1. The van der Waals surface area contributed by atoms with Gasteiger partial charge in [0.15, 0.2) is 6.10 Å². The molecule has 1 unspecified atom stereocenters. The topological polar surface area (TPSA) is 76.2 Å². The van der Waals surface area contributed by atoms with Crippen molar-refractivity contribution in [3.05, 3.63) is 35.4 Å². The second-order valence-corrected chi connectivity index (χ2v) is 4.98. The van der Waals surface area contributed by atoms with E-state index in [2.05, 4.69) is 0 Å². The van der Waals surface area contributed by atoms with Crippen LogP contribution in [0.1, 0.15) is 20.7 Å². The van der Waals surface area contributed by atoms with Gasteiger partial charge in [0.25, 0.3) is 11.8 Å². The van der Waals surface area contributed by atoms with Crippen molar-refractivity contribution < 1.29 is 24.0 Å². The van der Waals surface area contributed by atoms with Gasteiger partial charge in [-0.2, -0.15) is 0 Å². The SMILES string of the molecule is CN1CCOC(C(=O)ON2C(=O)c3ccccc3C2=O)C1. The summed E-state index contributed by atoms with van der Waals surface area (Å²) < 4.78 is 5.30. The number of carbonyl (C=O) groups is 3. The molecule has 0 bridgehead atoms. The number of hydrogen-bond donors (Lipinski definition) is 0. The Morgan fingerprint density at radius 2 is 1.86 bits per heavy atom. The van der Waals surface area contributed by atoms with Crippen molar-refractivity contribution in [2.45, 2.75) is 6.10 Å². The summed E-state index contributed by atoms with van der Waals surface area (Å²) in [6.07, 6.45) is -0.798. The van der Waals surface area contributed by atoms with E-state index in [1.54, 1.807) is 12.1 Å². The van der Waals surface area contributed by atoms with Gasteiger partial charge in [-0.25, -0.2) is 4.79 Å². The third-order valence-corrected chi connectivity index (χ3v) is 3.47. The normalized spacial score (nSPS) is 22.3. The van der Waals surface area contributed by atoms with Gasteiger partial charge in [-0.3, -0.25) is 9.59 Å². The molecule has 2 amide bonds. The Bertz CT molecular complexity index is 580. The number of amides is 2. The number of benzene rings is 1. The Labute approximate surface area is 121 Å². The van der Waals surface area contributed by atoms with E-state index >= 15 is 0 Å². The van der Waals surface area contributed by atoms with Crippen molar-refractivity contribution in [3.63, 3.8) is 0 Å². The predicted octanol–water partition coefficient (Wildman–Crippen LogP) is 0.0714. The molecule has 0 aliphatic carbocycles. The molecule has 1 atom stereocenters. The number of ether oxygens (including phenoxy) is 1. The highest BCUT2D eigenvalue weighted by atomic mass is 16.7. The maximum absolute atomic E-state index is 12.1. The smallest absolute Gasteiger partial charge is 0.362 e. The summed E-state index contributed by atoms with van der Waals surface area (Å²) in [6, 6.07) is 6.34. The molecule has 1 fully saturated rings. The summed E-state index contributed by atoms with van der Waals surface area (Å²) in [5, 5.41) is 0.505. The number of nitrogens with zero attached hydrogens (tertiary/aromatic N) is 2. The first-order valence-corrected chi connectivity index (χ1v) is 6.57. The van der Waals surface area contributed by atoms with Gasteiger partial charge in [0.05, 0.1) is 17.7 Å². The molecule has 1 aromatic rings. The van der Waals surface area contributed by atoms with Crippen LogP contribution in [0.25, 0.3) is 0 Å². The van der Waals surface area contributed by atoms with Crippen molar-refractivity contribution >= 4 is 17.8 Å². The monoisotopic (exact) mass is 290 g/mol. The first-order chi connectivity index (χ1) is 10.1. The van der Waals surface area contributed by atoms with Crippen molar-refractivity contribution in [3.8, 4) is 0 Å². The second-order valence-electron chi connectivity index (χ2n) is 4.98. The highest BCUT2D eigenvalue weighted by Gasteiger charge is 2.40. The van der Waals surface area contributed by atoms with Crippen LogP contribution in [-0.4, -0.2) is 60.6 Å². The highest BCUT2D eigenvalue weighted by molar-refractivity contribution is 6.20. The second kappa shape index (κ2) is 5.27. The van der Waals surface area contributed by atoms with Crippen LogP contribution < -0.4 is 0 Å². The third-order valence-electron chi connectivity index (χ3n) is 3.47. The number of fused-ring (bicyclic) bond motifs is 1. The summed E-state index contributed by atoms with van der Waals surface area (Å²) >= 11 is 0. The van der Waals surface area contributed by atoms with Gasteiger partial charge >= 0.3 is 5.97 Å². The molecule has 21 heavy (non-hydrogen) atoms. The summed E-state index contributed by atoms with van der Waals surface area (Å²) in [5.41, 5.74) is 0.467. The minimum atomic E-state index is -0.798. The van der Waals surface area contributed by atoms with E-state index in [1.165, 1.54) is 12.1 Å². The molecule has 7 nitrogen and oxygen atoms in total. The molecule has 2 heterocycles. The Balaban J connectivity index is 1.73. The molecular formula is C14H14N2O5. The van der Waals surface area contributed by atoms with Crippen molar-refractivity contribution in [2.75, 3.05) is 26.7 Å². The number of rotatable bonds is 2. The lowest BCUT2D eigenvalue weighted by molar-refractivity contribution is -0.186. The van der Waals surface area contributed by atoms with Gasteiger partial charge in [0.1, 0.15) is 0 Å². The number of morpholine rings is 1. The van der Waals surface area contributed by atoms with Crippen LogP contribution in [0.4, 0.5) is 0 Å². The van der Waals surface area contributed by atoms with Crippen molar-refractivity contribution in [1.82, 2.24) is 9.96 Å². The van der Waals surface area contributed by atoms with Gasteiger partial charge in [-0.1, -0.05) is 17.2 Å². The van der Waals surface area contributed by atoms with E-state index in [-0.39, 0.29) is 11.1 Å². The molecule has 0 radical (unpaired) electrons. The van der Waals surface area contributed by atoms with Gasteiger partial charge in [0, 0.05) is 13.1 Å². The van der Waals surface area contributed by atoms with Gasteiger partial charge < -0.3 is 14.5 Å². The molecule has 0 N–H and O–H groups in total. The van der Waals surface area contributed by atoms with E-state index in [0.29, 0.717) is 18.2 Å². The zero-order valence-corrected chi connectivity index (χ0v) is 11.4. The number of hydroxylamine groups is 2. The fourth-order valence-corrected chi connectivity index (χ4v) is 2.32. The Hall–Kier alpha value is -2.25. The van der Waals surface area contributed by atoms with Crippen molar-refractivity contribution in [2.24, 2.45) is 0 Å². The lowest BCUT2D eigenvalue weighted by Gasteiger charge is -2.28. The minimum absolute atomic E-state index is 0.233. The largest absolute Gasteiger partial charge is 0.364 e. The van der Waals surface area contributed by atoms with E-state index in [1.807, 2.05) is 11.9 Å². The van der Waals surface area contributed by atoms with E-state index in [4.69, 9.17) is 9.57 Å². The van der Waals surface area contributed by atoms with Crippen LogP contribution in [0.5, 0.6) is 0 Å². The molecule has 110 valence electrons. The lowest BCUT2D eigenvalue weighted by Crippen LogP contribution is -2.47. The molecule has 2 aliphatic rings. The fourth-order valence-electron chi connectivity index (χ4n) is 2.32. The first kappa shape index (κ1) is 13.7. The van der Waals surface area contributed by atoms with E-state index in [9.17, 15) is 14.4 Å². The van der Waals surface area contributed by atoms with Crippen LogP contribution in [0.3, 0.4) is 0 Å². The molecule has 1 saturated heterocycles. The van der Waals surface area contributed by atoms with Gasteiger partial charge in [0.2, 0.25) is 0 Å². The zero-order valence-electron chi connectivity index (χ0n) is 11.4. The summed E-state index contributed by atoms with van der Waals surface area (Å²) in [7, 11) is 1.85. The summed E-state index contributed by atoms with van der Waals surface area (Å²) in [6.45, 7) is 1.48. The average molecular weight is 290 g/mol. The standard InChI is InChI=1S/C14H14N2O5/c1-15-6-7-20-11(8-15)14(19)21-16-12(17)9-4-2-3-5-10(9)13(16)18/h2-5,11H,6-8H2,1H3. The van der Waals surface area contributed by atoms with Gasteiger partial charge in [-0.05, 0) is 19.2 Å². The van der Waals surface area contributed by atoms with Crippen LogP contribution >= 0.6 is 0 Å². The van der Waals surface area contributed by atoms with E-state index < -0.39 is 23.9 Å². The summed E-state index contributed by atoms with van der Waals surface area (Å²) in [4.78, 5) is 43.0. The fraction of sp³-hybridized carbons (Fsp3) is 0.357. The van der Waals surface area contributed by atoms with Crippen LogP contribution in [0.15, 0.2) is 24.3 Å². The summed E-state index contributed by atoms with van der Waals surface area (Å²) in [5.74, 6) is -2.00. The Kier molecular flexibility index (Phi) is 3.44. The molecule has 0 spiro atoms. The number of hydrogen-bond acceptors (Lipinski definition) is 6. The molecule has 2 aliphatic heterocycles. The van der Waals surface area contributed by atoms with Crippen molar-refractivity contribution in [1.29, 1.82) is 0 Å². The highest BCUT2D eigenvalue weighted by Crippen LogP contribution is 2.23. The Morgan fingerprint density at radius 3 is 2.43 bits per heavy atom. The maximum Gasteiger partial charge on any atom is 0.362 e. The van der Waals surface area contributed by atoms with Gasteiger partial charge in [-0.15, -0.1) is 0 Å². The quantitative estimate of drug-likeness (QED) is 0.718. The number of carbonyl (C=O) groups excluding carboxylic acids is 3. The molecule has 3 rings (SSSR count). The first-order valence-electron chi connectivity index (χ1n) is 6.57. The molecule has 0 saturated carbocycles. The average Bonchev–Trinajstić information content (AvgIpc) is 2.73. The zero-order chi connectivity index (χ0) is 15.0. The van der Waals surface area contributed by atoms with Crippen LogP contribution in [0, 0.1) is 0 Å². The van der Waals surface area contributed by atoms with E-state index in [0.717, 1.165) is 6.54 Å². The molecule has 1 aromatic carbocycles. The third kappa shape index (κ3) is 2.41. The molecule has 7 heteroatoms. The van der Waals surface area contributed by atoms with Crippen LogP contribution in [0.2, 0.25) is 0 Å². The Morgan fingerprint density at radius 1 is 1.24 bits per heavy atom. The number of likely N-dealkylation sites (N-methyl/N-ethyl adjacent to an activating group) is 1. The molecular weight excluding hydrogens is 276 g/mol. The minimum Gasteiger partial charge on any atom is -0.364 e. The lowest BCUT2D eigenvalue weighted by atomic mass is 10.1. The predicted molar refractivity (Wildman–Crippen MR) is 70.3 cm³/mol. The molecule has 0 aromatic heterocycles.